The van der Waals surface area contributed by atoms with Gasteiger partial charge in [-0.25, -0.2) is 0 Å². The average molecular weight is 534 g/mol. The molecule has 157 valence electrons. The predicted molar refractivity (Wildman–Crippen MR) is 135 cm³/mol. The summed E-state index contributed by atoms with van der Waals surface area (Å²) < 4.78 is 0.135. The first-order valence-electron chi connectivity index (χ1n) is 10.9. The molecule has 5 rings (SSSR count). The van der Waals surface area contributed by atoms with Crippen LogP contribution in [0.4, 0.5) is 0 Å². The van der Waals surface area contributed by atoms with Crippen LogP contribution in [0.2, 0.25) is 0 Å². The topological polar surface area (TPSA) is 0 Å². The average Bonchev–Trinajstić information content (AvgIpc) is 3.24. The van der Waals surface area contributed by atoms with Crippen molar-refractivity contribution in [2.45, 2.75) is 17.0 Å². The normalized spacial score (nSPS) is 14.7. The van der Waals surface area contributed by atoms with Gasteiger partial charge in [0.15, 0.2) is 0 Å². The maximum atomic E-state index is 6.79. The summed E-state index contributed by atoms with van der Waals surface area (Å²) in [4.78, 5) is 0. The van der Waals surface area contributed by atoms with E-state index in [1.807, 2.05) is 0 Å². The summed E-state index contributed by atoms with van der Waals surface area (Å²) in [5.41, 5.74) is 11.5. The van der Waals surface area contributed by atoms with Crippen LogP contribution in [0.15, 0.2) is 97.1 Å². The number of hydrogen-bond donors (Lipinski definition) is 0. The SMILES string of the molecule is CCc1ccccc1-c1c(-c2ccccc2)ccc2c1C=C(c1ccccc1)[CH]2[Zr]([Cl])[Cl]. The molecule has 1 aliphatic carbocycles. The zero-order chi connectivity index (χ0) is 22.1. The second-order valence-corrected chi connectivity index (χ2v) is 16.9. The predicted octanol–water partition coefficient (Wildman–Crippen LogP) is 9.10. The van der Waals surface area contributed by atoms with E-state index in [0.717, 1.165) is 6.42 Å². The number of hydrogen-bond acceptors (Lipinski definition) is 0. The van der Waals surface area contributed by atoms with E-state index in [4.69, 9.17) is 17.0 Å². The number of rotatable bonds is 5. The zero-order valence-electron chi connectivity index (χ0n) is 17.9. The molecule has 4 aromatic rings. The Balaban J connectivity index is 1.83. The Bertz CT molecular complexity index is 1280. The van der Waals surface area contributed by atoms with Crippen LogP contribution in [0.3, 0.4) is 0 Å². The third-order valence-corrected chi connectivity index (χ3v) is 11.5. The van der Waals surface area contributed by atoms with Gasteiger partial charge in [0, 0.05) is 0 Å². The number of halogens is 2. The summed E-state index contributed by atoms with van der Waals surface area (Å²) in [5.74, 6) is 0. The first-order chi connectivity index (χ1) is 15.7. The van der Waals surface area contributed by atoms with Crippen molar-refractivity contribution >= 4 is 28.7 Å². The van der Waals surface area contributed by atoms with Gasteiger partial charge in [-0.1, -0.05) is 0 Å². The van der Waals surface area contributed by atoms with Gasteiger partial charge in [-0.05, 0) is 0 Å². The van der Waals surface area contributed by atoms with Gasteiger partial charge in [-0.2, -0.15) is 0 Å². The first-order valence-corrected chi connectivity index (χ1v) is 18.7. The van der Waals surface area contributed by atoms with Gasteiger partial charge in [0.05, 0.1) is 0 Å². The summed E-state index contributed by atoms with van der Waals surface area (Å²) in [6.45, 7) is 2.22. The molecule has 0 heterocycles. The third kappa shape index (κ3) is 3.96. The van der Waals surface area contributed by atoms with Gasteiger partial charge in [0.25, 0.3) is 0 Å². The molecule has 0 radical (unpaired) electrons. The minimum atomic E-state index is -2.66. The number of fused-ring (bicyclic) bond motifs is 1. The Kier molecular flexibility index (Phi) is 6.52. The maximum absolute atomic E-state index is 6.79. The van der Waals surface area contributed by atoms with Crippen molar-refractivity contribution in [1.29, 1.82) is 0 Å². The molecule has 0 amide bonds. The fraction of sp³-hybridized carbons (Fsp3) is 0.103. The van der Waals surface area contributed by atoms with E-state index in [-0.39, 0.29) is 3.63 Å². The van der Waals surface area contributed by atoms with E-state index in [1.54, 1.807) is 0 Å². The van der Waals surface area contributed by atoms with Crippen molar-refractivity contribution in [3.63, 3.8) is 0 Å². The fourth-order valence-electron chi connectivity index (χ4n) is 4.79. The first kappa shape index (κ1) is 21.9. The Labute approximate surface area is 205 Å². The van der Waals surface area contributed by atoms with Gasteiger partial charge >= 0.3 is 207 Å². The molecule has 0 saturated heterocycles. The minimum absolute atomic E-state index is 0.135. The second kappa shape index (κ2) is 9.52. The summed E-state index contributed by atoms with van der Waals surface area (Å²) >= 11 is -2.66. The fourth-order valence-corrected chi connectivity index (χ4v) is 9.96. The molecule has 1 unspecified atom stereocenters. The molecule has 0 spiro atoms. The number of benzene rings is 4. The van der Waals surface area contributed by atoms with Crippen LogP contribution in [0.5, 0.6) is 0 Å². The molecule has 0 fully saturated rings. The Morgan fingerprint density at radius 2 is 1.31 bits per heavy atom. The molecule has 0 nitrogen and oxygen atoms in total. The molecule has 0 bridgehead atoms. The molecular weight excluding hydrogens is 510 g/mol. The molecule has 0 saturated carbocycles. The number of aryl methyl sites for hydroxylation is 1. The molecule has 3 heteroatoms. The standard InChI is InChI=1S/C29H23.2ClH.Zr/c1-2-21-11-9-10-16-26(21)29-27(23-14-7-4-8-15-23)18-17-24-19-25(20-28(24)29)22-12-5-3-6-13-22;;;/h3-20H,2H2,1H3;2*1H;/q;;;+2/p-2. The van der Waals surface area contributed by atoms with Crippen LogP contribution < -0.4 is 0 Å². The van der Waals surface area contributed by atoms with Crippen LogP contribution in [-0.2, 0) is 25.8 Å². The van der Waals surface area contributed by atoms with E-state index in [9.17, 15) is 0 Å². The van der Waals surface area contributed by atoms with Gasteiger partial charge in [0.1, 0.15) is 0 Å². The van der Waals surface area contributed by atoms with E-state index < -0.39 is 19.4 Å². The molecule has 0 N–H and O–H groups in total. The van der Waals surface area contributed by atoms with Crippen LogP contribution in [-0.4, -0.2) is 0 Å². The third-order valence-electron chi connectivity index (χ3n) is 6.28. The molecule has 32 heavy (non-hydrogen) atoms. The van der Waals surface area contributed by atoms with Crippen molar-refractivity contribution in [3.05, 3.63) is 119 Å². The van der Waals surface area contributed by atoms with Crippen molar-refractivity contribution in [2.75, 3.05) is 0 Å². The quantitative estimate of drug-likeness (QED) is 0.240. The zero-order valence-corrected chi connectivity index (χ0v) is 21.8. The van der Waals surface area contributed by atoms with Crippen LogP contribution in [0.1, 0.15) is 32.8 Å². The van der Waals surface area contributed by atoms with Gasteiger partial charge < -0.3 is 0 Å². The van der Waals surface area contributed by atoms with E-state index in [1.165, 1.54) is 50.1 Å². The van der Waals surface area contributed by atoms with E-state index in [2.05, 4.69) is 110 Å². The second-order valence-electron chi connectivity index (χ2n) is 8.06. The van der Waals surface area contributed by atoms with Crippen molar-refractivity contribution < 1.29 is 19.4 Å². The molecule has 0 aliphatic heterocycles. The van der Waals surface area contributed by atoms with Gasteiger partial charge in [0.2, 0.25) is 0 Å². The monoisotopic (exact) mass is 531 g/mol. The van der Waals surface area contributed by atoms with E-state index in [0.29, 0.717) is 0 Å². The Hall–Kier alpha value is -1.92. The summed E-state index contributed by atoms with van der Waals surface area (Å²) in [6, 6.07) is 34.5. The Morgan fingerprint density at radius 1 is 0.688 bits per heavy atom. The number of allylic oxidation sites excluding steroid dienone is 1. The van der Waals surface area contributed by atoms with Gasteiger partial charge in [-0.15, -0.1) is 0 Å². The molecule has 0 aromatic heterocycles. The van der Waals surface area contributed by atoms with E-state index >= 15 is 0 Å². The summed E-state index contributed by atoms with van der Waals surface area (Å²) in [7, 11) is 13.6. The van der Waals surface area contributed by atoms with Crippen LogP contribution in [0.25, 0.3) is 33.9 Å². The van der Waals surface area contributed by atoms with Crippen LogP contribution >= 0.6 is 17.0 Å². The van der Waals surface area contributed by atoms with Crippen molar-refractivity contribution in [1.82, 2.24) is 0 Å². The molecule has 4 aromatic carbocycles. The molecule has 1 atom stereocenters. The Morgan fingerprint density at radius 3 is 1.97 bits per heavy atom. The summed E-state index contributed by atoms with van der Waals surface area (Å²) in [5, 5.41) is 0. The van der Waals surface area contributed by atoms with Gasteiger partial charge in [-0.3, -0.25) is 0 Å². The van der Waals surface area contributed by atoms with Crippen LogP contribution in [0, 0.1) is 0 Å². The summed E-state index contributed by atoms with van der Waals surface area (Å²) in [6.07, 6.45) is 3.34. The van der Waals surface area contributed by atoms with Crippen molar-refractivity contribution in [3.8, 4) is 22.3 Å². The molecule has 1 aliphatic rings. The molecular formula is C29H23Cl2Zr. The van der Waals surface area contributed by atoms with Crippen molar-refractivity contribution in [2.24, 2.45) is 0 Å².